The summed E-state index contributed by atoms with van der Waals surface area (Å²) >= 11 is 0. The predicted molar refractivity (Wildman–Crippen MR) is 163 cm³/mol. The van der Waals surface area contributed by atoms with Crippen LogP contribution in [0.4, 0.5) is 0 Å². The fraction of sp³-hybridized carbons (Fsp3) is 0.688. The highest BCUT2D eigenvalue weighted by atomic mass is 28.4. The van der Waals surface area contributed by atoms with Crippen LogP contribution in [0.3, 0.4) is 0 Å². The summed E-state index contributed by atoms with van der Waals surface area (Å²) in [5, 5.41) is -0.107. The van der Waals surface area contributed by atoms with Gasteiger partial charge < -0.3 is 23.4 Å². The van der Waals surface area contributed by atoms with E-state index in [1.165, 1.54) is 20.3 Å². The molecule has 0 radical (unpaired) electrons. The first-order valence-corrected chi connectivity index (χ1v) is 18.3. The van der Waals surface area contributed by atoms with Gasteiger partial charge in [0.05, 0.1) is 17.7 Å². The number of nitrogens with zero attached hydrogens (tertiary/aromatic N) is 1. The highest BCUT2D eigenvalue weighted by Crippen LogP contribution is 2.39. The van der Waals surface area contributed by atoms with Gasteiger partial charge in [0.1, 0.15) is 12.1 Å². The summed E-state index contributed by atoms with van der Waals surface area (Å²) in [6.07, 6.45) is 1.78. The van der Waals surface area contributed by atoms with Crippen molar-refractivity contribution in [2.24, 2.45) is 0 Å². The van der Waals surface area contributed by atoms with Crippen molar-refractivity contribution in [2.45, 2.75) is 129 Å². The Morgan fingerprint density at radius 2 is 1.42 bits per heavy atom. The van der Waals surface area contributed by atoms with Crippen LogP contribution in [0.5, 0.6) is 0 Å². The van der Waals surface area contributed by atoms with Crippen LogP contribution in [0.1, 0.15) is 101 Å². The first kappa shape index (κ1) is 34.9. The minimum atomic E-state index is -2.28. The molecular formula is C32H49NO9Si. The van der Waals surface area contributed by atoms with Crippen LogP contribution >= 0.6 is 0 Å². The molecule has 5 atom stereocenters. The molecule has 2 amide bonds. The van der Waals surface area contributed by atoms with Crippen LogP contribution in [0.15, 0.2) is 24.3 Å². The lowest BCUT2D eigenvalue weighted by molar-refractivity contribution is -0.284. The molecule has 1 saturated heterocycles. The first-order valence-electron chi connectivity index (χ1n) is 15.4. The monoisotopic (exact) mass is 619 g/mol. The average Bonchev–Trinajstić information content (AvgIpc) is 3.17. The minimum absolute atomic E-state index is 0.0396. The third kappa shape index (κ3) is 8.52. The quantitative estimate of drug-likeness (QED) is 0.113. The van der Waals surface area contributed by atoms with E-state index in [-0.39, 0.29) is 22.8 Å². The number of rotatable bonds is 14. The highest BCUT2D eigenvalue weighted by molar-refractivity contribution is 6.74. The SMILES string of the molecule is CCCCCCCCO[C@@H]1O[C@H](CO[Si](C)(C)C(C)(C)C)[C@@H](OC(C)=O)[C@H](OC(C)=O)[C@H]1N1C(=O)c2ccccc2C1=O. The lowest BCUT2D eigenvalue weighted by Gasteiger charge is -2.48. The molecule has 0 spiro atoms. The number of hydrogen-bond donors (Lipinski definition) is 0. The topological polar surface area (TPSA) is 118 Å². The van der Waals surface area contributed by atoms with E-state index in [0.29, 0.717) is 6.61 Å². The number of imide groups is 1. The lowest BCUT2D eigenvalue weighted by atomic mass is 9.94. The zero-order valence-electron chi connectivity index (χ0n) is 27.0. The number of ether oxygens (including phenoxy) is 4. The molecular weight excluding hydrogens is 570 g/mol. The van der Waals surface area contributed by atoms with Crippen molar-refractivity contribution < 1.29 is 42.6 Å². The zero-order chi connectivity index (χ0) is 31.9. The molecule has 1 aromatic rings. The molecule has 3 rings (SSSR count). The number of amides is 2. The molecule has 11 heteroatoms. The van der Waals surface area contributed by atoms with Gasteiger partial charge in [-0.2, -0.15) is 0 Å². The standard InChI is InChI=1S/C32H49NO9Si/c1-9-10-11-12-13-16-19-38-31-26(33-29(36)23-17-14-15-18-24(23)30(33)37)28(41-22(3)35)27(40-21(2)34)25(42-31)20-39-43(7,8)32(4,5)6/h14-15,17-18,25-28,31H,9-13,16,19-20H2,1-8H3/t25-,26-,27-,28-,31-/m1/s1. The van der Waals surface area contributed by atoms with E-state index < -0.39 is 62.7 Å². The maximum atomic E-state index is 13.7. The largest absolute Gasteiger partial charge is 0.456 e. The molecule has 0 aromatic heterocycles. The number of carbonyl (C=O) groups is 4. The Morgan fingerprint density at radius 1 is 0.884 bits per heavy atom. The molecule has 2 aliphatic heterocycles. The maximum absolute atomic E-state index is 13.7. The van der Waals surface area contributed by atoms with Crippen molar-refractivity contribution in [1.29, 1.82) is 0 Å². The molecule has 240 valence electrons. The minimum Gasteiger partial charge on any atom is -0.456 e. The van der Waals surface area contributed by atoms with E-state index >= 15 is 0 Å². The highest BCUT2D eigenvalue weighted by Gasteiger charge is 2.57. The van der Waals surface area contributed by atoms with Gasteiger partial charge in [-0.05, 0) is 36.7 Å². The van der Waals surface area contributed by atoms with E-state index in [4.69, 9.17) is 23.4 Å². The van der Waals surface area contributed by atoms with Gasteiger partial charge in [0.15, 0.2) is 26.8 Å². The second-order valence-corrected chi connectivity index (χ2v) is 17.7. The summed E-state index contributed by atoms with van der Waals surface area (Å²) in [5.41, 5.74) is 0.465. The molecule has 2 heterocycles. The summed E-state index contributed by atoms with van der Waals surface area (Å²) in [7, 11) is -2.28. The van der Waals surface area contributed by atoms with Crippen molar-refractivity contribution in [1.82, 2.24) is 4.90 Å². The Labute approximate surface area is 256 Å². The number of hydrogen-bond acceptors (Lipinski definition) is 9. The smallest absolute Gasteiger partial charge is 0.303 e. The Morgan fingerprint density at radius 3 is 1.95 bits per heavy atom. The van der Waals surface area contributed by atoms with Gasteiger partial charge in [0.25, 0.3) is 11.8 Å². The first-order chi connectivity index (χ1) is 20.2. The molecule has 2 aliphatic rings. The molecule has 0 aliphatic carbocycles. The summed E-state index contributed by atoms with van der Waals surface area (Å²) in [6, 6.07) is 5.30. The van der Waals surface area contributed by atoms with E-state index in [1.807, 2.05) is 0 Å². The Bertz CT molecular complexity index is 1110. The van der Waals surface area contributed by atoms with Gasteiger partial charge in [-0.1, -0.05) is 71.9 Å². The number of benzene rings is 1. The third-order valence-corrected chi connectivity index (χ3v) is 13.0. The molecule has 0 unspecified atom stereocenters. The van der Waals surface area contributed by atoms with Gasteiger partial charge in [-0.15, -0.1) is 0 Å². The molecule has 0 saturated carbocycles. The molecule has 1 aromatic carbocycles. The van der Waals surface area contributed by atoms with Gasteiger partial charge in [-0.3, -0.25) is 24.1 Å². The third-order valence-electron chi connectivity index (χ3n) is 8.54. The Hall–Kier alpha value is -2.60. The second-order valence-electron chi connectivity index (χ2n) is 12.9. The molecule has 0 N–H and O–H groups in total. The summed E-state index contributed by atoms with van der Waals surface area (Å²) in [5.74, 6) is -2.41. The predicted octanol–water partition coefficient (Wildman–Crippen LogP) is 5.64. The molecule has 43 heavy (non-hydrogen) atoms. The Kier molecular flexibility index (Phi) is 12.1. The van der Waals surface area contributed by atoms with Crippen molar-refractivity contribution in [2.75, 3.05) is 13.2 Å². The van der Waals surface area contributed by atoms with Crippen LogP contribution < -0.4 is 0 Å². The number of carbonyl (C=O) groups excluding carboxylic acids is 4. The fourth-order valence-corrected chi connectivity index (χ4v) is 6.18. The van der Waals surface area contributed by atoms with Crippen molar-refractivity contribution in [3.8, 4) is 0 Å². The van der Waals surface area contributed by atoms with E-state index in [0.717, 1.165) is 37.0 Å². The van der Waals surface area contributed by atoms with Gasteiger partial charge >= 0.3 is 11.9 Å². The van der Waals surface area contributed by atoms with Crippen molar-refractivity contribution in [3.63, 3.8) is 0 Å². The van der Waals surface area contributed by atoms with Gasteiger partial charge in [-0.25, -0.2) is 0 Å². The second kappa shape index (κ2) is 14.9. The summed E-state index contributed by atoms with van der Waals surface area (Å²) in [6.45, 7) is 15.5. The summed E-state index contributed by atoms with van der Waals surface area (Å²) < 4.78 is 30.7. The van der Waals surface area contributed by atoms with E-state index in [2.05, 4.69) is 40.8 Å². The normalized spacial score (nSPS) is 24.2. The van der Waals surface area contributed by atoms with Crippen LogP contribution in [0.2, 0.25) is 18.1 Å². The van der Waals surface area contributed by atoms with Crippen molar-refractivity contribution in [3.05, 3.63) is 35.4 Å². The van der Waals surface area contributed by atoms with Crippen LogP contribution in [-0.4, -0.2) is 80.8 Å². The lowest BCUT2D eigenvalue weighted by Crippen LogP contribution is -2.68. The molecule has 1 fully saturated rings. The maximum Gasteiger partial charge on any atom is 0.303 e. The number of fused-ring (bicyclic) bond motifs is 1. The average molecular weight is 620 g/mol. The zero-order valence-corrected chi connectivity index (χ0v) is 28.0. The van der Waals surface area contributed by atoms with E-state index in [1.54, 1.807) is 24.3 Å². The molecule has 10 nitrogen and oxygen atoms in total. The van der Waals surface area contributed by atoms with Crippen LogP contribution in [0.25, 0.3) is 0 Å². The summed E-state index contributed by atoms with van der Waals surface area (Å²) in [4.78, 5) is 53.2. The van der Waals surface area contributed by atoms with E-state index in [9.17, 15) is 19.2 Å². The van der Waals surface area contributed by atoms with Gasteiger partial charge in [0.2, 0.25) is 0 Å². The number of esters is 2. The number of unbranched alkanes of at least 4 members (excludes halogenated alkanes) is 5. The fourth-order valence-electron chi connectivity index (χ4n) is 5.16. The van der Waals surface area contributed by atoms with Crippen molar-refractivity contribution >= 4 is 32.1 Å². The van der Waals surface area contributed by atoms with Crippen LogP contribution in [0, 0.1) is 0 Å². The van der Waals surface area contributed by atoms with Crippen LogP contribution in [-0.2, 0) is 33.0 Å². The van der Waals surface area contributed by atoms with Gasteiger partial charge in [0, 0.05) is 20.5 Å². The molecule has 0 bridgehead atoms. The Balaban J connectivity index is 1.99.